The molecule has 0 spiro atoms. The van der Waals surface area contributed by atoms with Crippen molar-refractivity contribution in [3.05, 3.63) is 24.3 Å². The molecule has 2 aromatic rings. The number of benzene rings is 1. The van der Waals surface area contributed by atoms with Gasteiger partial charge in [0.05, 0.1) is 17.3 Å². The lowest BCUT2D eigenvalue weighted by Crippen LogP contribution is -2.40. The summed E-state index contributed by atoms with van der Waals surface area (Å²) in [6.07, 6.45) is 3.24. The van der Waals surface area contributed by atoms with Crippen LogP contribution in [-0.4, -0.2) is 55.2 Å². The minimum absolute atomic E-state index is 0.417. The molecule has 0 unspecified atom stereocenters. The van der Waals surface area contributed by atoms with Crippen molar-refractivity contribution in [3.63, 3.8) is 0 Å². The van der Waals surface area contributed by atoms with Gasteiger partial charge in [0, 0.05) is 33.7 Å². The fourth-order valence-electron chi connectivity index (χ4n) is 3.23. The van der Waals surface area contributed by atoms with Gasteiger partial charge >= 0.3 is 0 Å². The van der Waals surface area contributed by atoms with E-state index in [1.54, 1.807) is 7.05 Å². The highest BCUT2D eigenvalue weighted by Gasteiger charge is 2.25. The molecule has 6 nitrogen and oxygen atoms in total. The Morgan fingerprint density at radius 1 is 1.26 bits per heavy atom. The van der Waals surface area contributed by atoms with E-state index in [9.17, 15) is 8.42 Å². The zero-order valence-electron chi connectivity index (χ0n) is 13.9. The zero-order chi connectivity index (χ0) is 16.6. The molecule has 3 rings (SSSR count). The first kappa shape index (κ1) is 16.3. The van der Waals surface area contributed by atoms with E-state index < -0.39 is 10.0 Å². The second-order valence-corrected chi connectivity index (χ2v) is 8.52. The van der Waals surface area contributed by atoms with Crippen LogP contribution in [0.2, 0.25) is 0 Å². The van der Waals surface area contributed by atoms with Crippen LogP contribution >= 0.6 is 0 Å². The van der Waals surface area contributed by atoms with Gasteiger partial charge < -0.3 is 9.47 Å². The van der Waals surface area contributed by atoms with Crippen molar-refractivity contribution in [1.29, 1.82) is 0 Å². The average Bonchev–Trinajstić information content (AvgIpc) is 2.85. The van der Waals surface area contributed by atoms with E-state index in [1.165, 1.54) is 10.6 Å². The lowest BCUT2D eigenvalue weighted by molar-refractivity contribution is 0.327. The molecule has 1 aromatic carbocycles. The fourth-order valence-corrected chi connectivity index (χ4v) is 3.71. The number of nitrogens with zero attached hydrogens (tertiary/aromatic N) is 4. The summed E-state index contributed by atoms with van der Waals surface area (Å²) in [5, 5.41) is 0. The SMILES string of the molecule is CN(CC1CCN(c2nc3ccccc3n2C)CC1)S(C)(=O)=O. The quantitative estimate of drug-likeness (QED) is 0.852. The molecule has 2 heterocycles. The summed E-state index contributed by atoms with van der Waals surface area (Å²) in [5.74, 6) is 1.42. The van der Waals surface area contributed by atoms with Gasteiger partial charge in [-0.2, -0.15) is 0 Å². The molecular weight excluding hydrogens is 312 g/mol. The first-order chi connectivity index (χ1) is 10.9. The van der Waals surface area contributed by atoms with E-state index in [0.29, 0.717) is 12.5 Å². The standard InChI is InChI=1S/C16H24N4O2S/c1-18(23(3,21)22)12-13-8-10-20(11-9-13)16-17-14-6-4-5-7-15(14)19(16)2/h4-7,13H,8-12H2,1-3H3. The first-order valence-electron chi connectivity index (χ1n) is 7.94. The van der Waals surface area contributed by atoms with Gasteiger partial charge in [0.25, 0.3) is 0 Å². The van der Waals surface area contributed by atoms with E-state index >= 15 is 0 Å². The van der Waals surface area contributed by atoms with Crippen molar-refractivity contribution in [2.45, 2.75) is 12.8 Å². The number of piperidine rings is 1. The highest BCUT2D eigenvalue weighted by Crippen LogP contribution is 2.26. The molecule has 0 amide bonds. The largest absolute Gasteiger partial charge is 0.342 e. The molecular formula is C16H24N4O2S. The molecule has 0 atom stereocenters. The van der Waals surface area contributed by atoms with Gasteiger partial charge in [-0.25, -0.2) is 17.7 Å². The first-order valence-corrected chi connectivity index (χ1v) is 9.79. The molecule has 1 aromatic heterocycles. The van der Waals surface area contributed by atoms with Crippen LogP contribution < -0.4 is 4.90 Å². The summed E-state index contributed by atoms with van der Waals surface area (Å²) < 4.78 is 26.7. The minimum atomic E-state index is -3.09. The van der Waals surface area contributed by atoms with E-state index in [4.69, 9.17) is 4.98 Å². The van der Waals surface area contributed by atoms with Crippen molar-refractivity contribution in [2.24, 2.45) is 13.0 Å². The number of rotatable bonds is 4. The number of aryl methyl sites for hydroxylation is 1. The maximum atomic E-state index is 11.5. The molecule has 0 aliphatic carbocycles. The fraction of sp³-hybridized carbons (Fsp3) is 0.562. The molecule has 1 fully saturated rings. The normalized spacial score (nSPS) is 17.3. The molecule has 7 heteroatoms. The van der Waals surface area contributed by atoms with Gasteiger partial charge in [0.15, 0.2) is 0 Å². The van der Waals surface area contributed by atoms with Gasteiger partial charge in [-0.15, -0.1) is 0 Å². The molecule has 0 saturated carbocycles. The molecule has 126 valence electrons. The number of hydrogen-bond acceptors (Lipinski definition) is 4. The number of fused-ring (bicyclic) bond motifs is 1. The number of anilines is 1. The number of para-hydroxylation sites is 2. The topological polar surface area (TPSA) is 58.4 Å². The van der Waals surface area contributed by atoms with Crippen LogP contribution in [0, 0.1) is 5.92 Å². The second-order valence-electron chi connectivity index (χ2n) is 6.43. The molecule has 0 bridgehead atoms. The highest BCUT2D eigenvalue weighted by molar-refractivity contribution is 7.88. The van der Waals surface area contributed by atoms with Gasteiger partial charge in [-0.1, -0.05) is 12.1 Å². The predicted molar refractivity (Wildman–Crippen MR) is 93.1 cm³/mol. The van der Waals surface area contributed by atoms with Crippen LogP contribution in [0.4, 0.5) is 5.95 Å². The Morgan fingerprint density at radius 3 is 2.52 bits per heavy atom. The molecule has 1 saturated heterocycles. The second kappa shape index (κ2) is 6.13. The Morgan fingerprint density at radius 2 is 1.91 bits per heavy atom. The Balaban J connectivity index is 1.68. The number of aromatic nitrogens is 2. The zero-order valence-corrected chi connectivity index (χ0v) is 14.8. The van der Waals surface area contributed by atoms with Crippen molar-refractivity contribution in [2.75, 3.05) is 37.8 Å². The smallest absolute Gasteiger partial charge is 0.210 e. The summed E-state index contributed by atoms with van der Waals surface area (Å²) in [6, 6.07) is 8.15. The number of sulfonamides is 1. The predicted octanol–water partition coefficient (Wildman–Crippen LogP) is 1.68. The third kappa shape index (κ3) is 3.35. The molecule has 1 aliphatic rings. The summed E-state index contributed by atoms with van der Waals surface area (Å²) in [7, 11) is 0.621. The Bertz CT molecular complexity index is 792. The van der Waals surface area contributed by atoms with Crippen LogP contribution in [0.25, 0.3) is 11.0 Å². The third-order valence-electron chi connectivity index (χ3n) is 4.74. The lowest BCUT2D eigenvalue weighted by Gasteiger charge is -2.34. The van der Waals surface area contributed by atoms with E-state index in [0.717, 1.165) is 42.9 Å². The van der Waals surface area contributed by atoms with E-state index in [2.05, 4.69) is 15.5 Å². The van der Waals surface area contributed by atoms with Crippen LogP contribution in [0.5, 0.6) is 0 Å². The summed E-state index contributed by atoms with van der Waals surface area (Å²) in [5.41, 5.74) is 2.16. The minimum Gasteiger partial charge on any atom is -0.342 e. The summed E-state index contributed by atoms with van der Waals surface area (Å²) in [6.45, 7) is 2.44. The van der Waals surface area contributed by atoms with Crippen LogP contribution in [0.15, 0.2) is 24.3 Å². The lowest BCUT2D eigenvalue weighted by atomic mass is 9.97. The van der Waals surface area contributed by atoms with Crippen molar-refractivity contribution >= 4 is 27.0 Å². The number of imidazole rings is 1. The maximum absolute atomic E-state index is 11.5. The average molecular weight is 336 g/mol. The molecule has 23 heavy (non-hydrogen) atoms. The maximum Gasteiger partial charge on any atom is 0.210 e. The summed E-state index contributed by atoms with van der Waals surface area (Å²) >= 11 is 0. The Labute approximate surface area is 137 Å². The van der Waals surface area contributed by atoms with Gasteiger partial charge in [0.1, 0.15) is 0 Å². The number of hydrogen-bond donors (Lipinski definition) is 0. The van der Waals surface area contributed by atoms with Crippen LogP contribution in [-0.2, 0) is 17.1 Å². The Hall–Kier alpha value is -1.60. The highest BCUT2D eigenvalue weighted by atomic mass is 32.2. The van der Waals surface area contributed by atoms with Crippen LogP contribution in [0.3, 0.4) is 0 Å². The van der Waals surface area contributed by atoms with Crippen LogP contribution in [0.1, 0.15) is 12.8 Å². The van der Waals surface area contributed by atoms with Crippen molar-refractivity contribution in [1.82, 2.24) is 13.9 Å². The van der Waals surface area contributed by atoms with Gasteiger partial charge in [-0.3, -0.25) is 0 Å². The van der Waals surface area contributed by atoms with Gasteiger partial charge in [0.2, 0.25) is 16.0 Å². The molecule has 0 N–H and O–H groups in total. The van der Waals surface area contributed by atoms with E-state index in [1.807, 2.05) is 25.2 Å². The monoisotopic (exact) mass is 336 g/mol. The Kier molecular flexibility index (Phi) is 4.33. The molecule has 1 aliphatic heterocycles. The third-order valence-corrected chi connectivity index (χ3v) is 6.02. The van der Waals surface area contributed by atoms with Crippen molar-refractivity contribution in [3.8, 4) is 0 Å². The molecule has 0 radical (unpaired) electrons. The van der Waals surface area contributed by atoms with Crippen molar-refractivity contribution < 1.29 is 8.42 Å². The van der Waals surface area contributed by atoms with E-state index in [-0.39, 0.29) is 0 Å². The summed E-state index contributed by atoms with van der Waals surface area (Å²) in [4.78, 5) is 7.05. The van der Waals surface area contributed by atoms with Gasteiger partial charge in [-0.05, 0) is 30.9 Å².